The molecule has 0 saturated heterocycles. The van der Waals surface area contributed by atoms with Crippen molar-refractivity contribution < 1.29 is 14.4 Å². The van der Waals surface area contributed by atoms with Crippen LogP contribution < -0.4 is 10.6 Å². The van der Waals surface area contributed by atoms with Crippen molar-refractivity contribution in [1.82, 2.24) is 5.32 Å². The fourth-order valence-corrected chi connectivity index (χ4v) is 2.36. The maximum Gasteiger partial charge on any atom is 0.292 e. The molecule has 0 bridgehead atoms. The van der Waals surface area contributed by atoms with Crippen LogP contribution in [0.3, 0.4) is 0 Å². The molecule has 5 nitrogen and oxygen atoms in total. The lowest BCUT2D eigenvalue weighted by Crippen LogP contribution is -2.35. The third kappa shape index (κ3) is 6.22. The molecule has 0 spiro atoms. The van der Waals surface area contributed by atoms with Gasteiger partial charge in [-0.2, -0.15) is 0 Å². The maximum absolute atomic E-state index is 12.3. The summed E-state index contributed by atoms with van der Waals surface area (Å²) in [5.74, 6) is -1.15. The van der Waals surface area contributed by atoms with Gasteiger partial charge in [-0.25, -0.2) is 0 Å². The number of hydrogen-bond acceptors (Lipinski definition) is 3. The van der Waals surface area contributed by atoms with Crippen molar-refractivity contribution in [2.24, 2.45) is 5.92 Å². The molecule has 1 rings (SSSR count). The van der Waals surface area contributed by atoms with Gasteiger partial charge in [0.05, 0.1) is 11.3 Å². The quantitative estimate of drug-likeness (QED) is 0.542. The predicted octanol–water partition coefficient (Wildman–Crippen LogP) is 3.16. The Morgan fingerprint density at radius 2 is 1.83 bits per heavy atom. The Hall–Kier alpha value is -2.17. The van der Waals surface area contributed by atoms with E-state index in [2.05, 4.69) is 24.5 Å². The number of anilines is 1. The van der Waals surface area contributed by atoms with Gasteiger partial charge in [0.15, 0.2) is 0 Å². The van der Waals surface area contributed by atoms with Crippen LogP contribution in [0.2, 0.25) is 0 Å². The highest BCUT2D eigenvalue weighted by Crippen LogP contribution is 2.16. The molecule has 0 radical (unpaired) electrons. The molecule has 1 aromatic carbocycles. The number of nitrogens with one attached hydrogen (secondary N) is 2. The van der Waals surface area contributed by atoms with Gasteiger partial charge in [-0.1, -0.05) is 45.2 Å². The van der Waals surface area contributed by atoms with Crippen LogP contribution in [0, 0.1) is 5.92 Å². The highest BCUT2D eigenvalue weighted by Gasteiger charge is 2.20. The van der Waals surface area contributed by atoms with Crippen LogP contribution in [-0.2, 0) is 9.59 Å². The minimum atomic E-state index is -0.627. The molecule has 0 aromatic heterocycles. The first-order valence-corrected chi connectivity index (χ1v) is 8.18. The number of ketones is 1. The number of unbranched alkanes of at least 4 members (excludes halogenated alkanes) is 1. The first-order chi connectivity index (χ1) is 11.0. The van der Waals surface area contributed by atoms with E-state index < -0.39 is 11.7 Å². The van der Waals surface area contributed by atoms with Crippen molar-refractivity contribution in [3.05, 3.63) is 29.8 Å². The summed E-state index contributed by atoms with van der Waals surface area (Å²) in [6.07, 6.45) is 4.25. The highest BCUT2D eigenvalue weighted by atomic mass is 16.2. The number of para-hydroxylation sites is 1. The molecule has 0 unspecified atom stereocenters. The van der Waals surface area contributed by atoms with Crippen molar-refractivity contribution in [2.75, 3.05) is 11.9 Å². The molecule has 5 heteroatoms. The number of carbonyl (C=O) groups excluding carboxylic acids is 3. The number of Topliss-reactive ketones (excluding diaryl/α,β-unsaturated/α-hetero) is 1. The zero-order chi connectivity index (χ0) is 17.2. The average Bonchev–Trinajstić information content (AvgIpc) is 2.54. The van der Waals surface area contributed by atoms with Gasteiger partial charge < -0.3 is 10.6 Å². The average molecular weight is 318 g/mol. The van der Waals surface area contributed by atoms with E-state index >= 15 is 0 Å². The molecule has 126 valence electrons. The van der Waals surface area contributed by atoms with Crippen molar-refractivity contribution >= 4 is 23.3 Å². The highest BCUT2D eigenvalue weighted by molar-refractivity contribution is 6.44. The van der Waals surface area contributed by atoms with Crippen LogP contribution in [0.5, 0.6) is 0 Å². The minimum absolute atomic E-state index is 0.210. The lowest BCUT2D eigenvalue weighted by Gasteiger charge is -2.15. The lowest BCUT2D eigenvalue weighted by atomic mass is 9.99. The zero-order valence-corrected chi connectivity index (χ0v) is 14.1. The monoisotopic (exact) mass is 318 g/mol. The minimum Gasteiger partial charge on any atom is -0.349 e. The van der Waals surface area contributed by atoms with Gasteiger partial charge in [-0.15, -0.1) is 0 Å². The van der Waals surface area contributed by atoms with Gasteiger partial charge in [-0.3, -0.25) is 14.4 Å². The van der Waals surface area contributed by atoms with E-state index in [9.17, 15) is 14.4 Å². The summed E-state index contributed by atoms with van der Waals surface area (Å²) in [6, 6.07) is 6.53. The summed E-state index contributed by atoms with van der Waals surface area (Å²) >= 11 is 0. The first-order valence-electron chi connectivity index (χ1n) is 8.18. The van der Waals surface area contributed by atoms with E-state index in [0.717, 1.165) is 25.7 Å². The molecule has 0 aliphatic carbocycles. The molecular weight excluding hydrogens is 292 g/mol. The number of rotatable bonds is 9. The summed E-state index contributed by atoms with van der Waals surface area (Å²) in [4.78, 5) is 35.6. The van der Waals surface area contributed by atoms with E-state index in [-0.39, 0.29) is 11.5 Å². The molecule has 1 aromatic rings. The van der Waals surface area contributed by atoms with E-state index in [4.69, 9.17) is 0 Å². The van der Waals surface area contributed by atoms with Crippen LogP contribution >= 0.6 is 0 Å². The topological polar surface area (TPSA) is 75.3 Å². The van der Waals surface area contributed by atoms with Crippen LogP contribution in [-0.4, -0.2) is 24.1 Å². The molecular formula is C18H26N2O3. The number of carbonyl (C=O) groups is 3. The Labute approximate surface area is 137 Å². The molecule has 23 heavy (non-hydrogen) atoms. The van der Waals surface area contributed by atoms with Crippen molar-refractivity contribution in [2.45, 2.75) is 46.5 Å². The fraction of sp³-hybridized carbons (Fsp3) is 0.500. The van der Waals surface area contributed by atoms with Gasteiger partial charge in [-0.05, 0) is 24.5 Å². The molecule has 0 saturated carbocycles. The summed E-state index contributed by atoms with van der Waals surface area (Å²) < 4.78 is 0. The Bertz CT molecular complexity index is 555. The van der Waals surface area contributed by atoms with Crippen LogP contribution in [0.4, 0.5) is 5.69 Å². The summed E-state index contributed by atoms with van der Waals surface area (Å²) in [5, 5.41) is 5.29. The Kier molecular flexibility index (Phi) is 8.02. The second-order valence-electron chi connectivity index (χ2n) is 5.68. The van der Waals surface area contributed by atoms with Gasteiger partial charge >= 0.3 is 0 Å². The van der Waals surface area contributed by atoms with Gasteiger partial charge in [0.25, 0.3) is 11.7 Å². The Balaban J connectivity index is 2.70. The first kappa shape index (κ1) is 18.9. The molecule has 0 heterocycles. The standard InChI is InChI=1S/C18H26N2O3/c1-4-6-9-14(5-2)12-19-18(23)17(22)15-10-7-8-11-16(15)20-13(3)21/h7-8,10-11,14H,4-6,9,12H2,1-3H3,(H,19,23)(H,20,21)/t14-/m1/s1. The second kappa shape index (κ2) is 9.77. The molecule has 0 aliphatic rings. The second-order valence-corrected chi connectivity index (χ2v) is 5.68. The third-order valence-electron chi connectivity index (χ3n) is 3.78. The van der Waals surface area contributed by atoms with Crippen LogP contribution in [0.15, 0.2) is 24.3 Å². The van der Waals surface area contributed by atoms with E-state index in [1.807, 2.05) is 0 Å². The molecule has 2 N–H and O–H groups in total. The van der Waals surface area contributed by atoms with Crippen LogP contribution in [0.25, 0.3) is 0 Å². The number of amides is 2. The fourth-order valence-electron chi connectivity index (χ4n) is 2.36. The lowest BCUT2D eigenvalue weighted by molar-refractivity contribution is -0.117. The predicted molar refractivity (Wildman–Crippen MR) is 91.4 cm³/mol. The van der Waals surface area contributed by atoms with Gasteiger partial charge in [0.2, 0.25) is 5.91 Å². The number of hydrogen-bond donors (Lipinski definition) is 2. The maximum atomic E-state index is 12.3. The third-order valence-corrected chi connectivity index (χ3v) is 3.78. The smallest absolute Gasteiger partial charge is 0.292 e. The summed E-state index contributed by atoms with van der Waals surface area (Å²) in [6.45, 7) is 6.08. The molecule has 0 fully saturated rings. The zero-order valence-electron chi connectivity index (χ0n) is 14.1. The van der Waals surface area contributed by atoms with E-state index in [1.54, 1.807) is 24.3 Å². The summed E-state index contributed by atoms with van der Waals surface area (Å²) in [7, 11) is 0. The van der Waals surface area contributed by atoms with Crippen molar-refractivity contribution in [1.29, 1.82) is 0 Å². The van der Waals surface area contributed by atoms with E-state index in [0.29, 0.717) is 18.2 Å². The van der Waals surface area contributed by atoms with E-state index in [1.165, 1.54) is 6.92 Å². The molecule has 0 aliphatic heterocycles. The summed E-state index contributed by atoms with van der Waals surface area (Å²) in [5.41, 5.74) is 0.569. The Morgan fingerprint density at radius 3 is 2.43 bits per heavy atom. The SMILES string of the molecule is CCCC[C@@H](CC)CNC(=O)C(=O)c1ccccc1NC(C)=O. The van der Waals surface area contributed by atoms with Crippen LogP contribution in [0.1, 0.15) is 56.8 Å². The van der Waals surface area contributed by atoms with Gasteiger partial charge in [0, 0.05) is 13.5 Å². The largest absolute Gasteiger partial charge is 0.349 e. The normalized spacial score (nSPS) is 11.6. The Morgan fingerprint density at radius 1 is 1.13 bits per heavy atom. The number of benzene rings is 1. The van der Waals surface area contributed by atoms with Crippen molar-refractivity contribution in [3.63, 3.8) is 0 Å². The van der Waals surface area contributed by atoms with Crippen molar-refractivity contribution in [3.8, 4) is 0 Å². The molecule has 2 amide bonds. The van der Waals surface area contributed by atoms with Gasteiger partial charge in [0.1, 0.15) is 0 Å². The molecule has 1 atom stereocenters.